The van der Waals surface area contributed by atoms with Crippen LogP contribution in [0.1, 0.15) is 17.5 Å². The lowest BCUT2D eigenvalue weighted by Crippen LogP contribution is -2.21. The molecule has 0 radical (unpaired) electrons. The van der Waals surface area contributed by atoms with Crippen LogP contribution in [-0.4, -0.2) is 36.2 Å². The zero-order chi connectivity index (χ0) is 14.6. The molecule has 0 amide bonds. The molecule has 0 aromatic heterocycles. The third-order valence-corrected chi connectivity index (χ3v) is 3.38. The highest BCUT2D eigenvalue weighted by molar-refractivity contribution is 5.37. The first-order chi connectivity index (χ1) is 9.49. The van der Waals surface area contributed by atoms with Crippen molar-refractivity contribution in [3.63, 3.8) is 0 Å². The summed E-state index contributed by atoms with van der Waals surface area (Å²) in [7, 11) is 0. The number of nitrogens with zero attached hydrogens (tertiary/aromatic N) is 1. The molecule has 1 atom stereocenters. The second-order valence-corrected chi connectivity index (χ2v) is 4.95. The van der Waals surface area contributed by atoms with Gasteiger partial charge in [0.2, 0.25) is 0 Å². The lowest BCUT2D eigenvalue weighted by molar-refractivity contribution is -0.137. The maximum atomic E-state index is 12.4. The number of aliphatic hydroxyl groups excluding tert-OH is 1. The molecular weight excluding hydrogens is 267 g/mol. The van der Waals surface area contributed by atoms with Crippen LogP contribution >= 0.6 is 0 Å². The second kappa shape index (κ2) is 6.29. The summed E-state index contributed by atoms with van der Waals surface area (Å²) in [5, 5.41) is 9.02. The molecule has 5 heteroatoms. The molecule has 1 aliphatic heterocycles. The van der Waals surface area contributed by atoms with Gasteiger partial charge in [-0.05, 0) is 43.1 Å². The Hall–Kier alpha value is -1.51. The van der Waals surface area contributed by atoms with Crippen molar-refractivity contribution in [2.45, 2.75) is 12.6 Å². The van der Waals surface area contributed by atoms with Gasteiger partial charge in [0, 0.05) is 18.7 Å². The molecule has 1 N–H and O–H groups in total. The Morgan fingerprint density at radius 2 is 1.95 bits per heavy atom. The number of likely N-dealkylation sites (tertiary alicyclic amines) is 1. The average Bonchev–Trinajstić information content (AvgIpc) is 2.86. The molecule has 20 heavy (non-hydrogen) atoms. The lowest BCUT2D eigenvalue weighted by Gasteiger charge is -2.10. The van der Waals surface area contributed by atoms with Crippen LogP contribution in [0.15, 0.2) is 24.3 Å². The summed E-state index contributed by atoms with van der Waals surface area (Å²) in [5.74, 6) is 6.14. The first-order valence-corrected chi connectivity index (χ1v) is 6.48. The number of halogens is 3. The quantitative estimate of drug-likeness (QED) is 0.842. The standard InChI is InChI=1S/C15H16F3NO/c16-15(17,18)14-5-3-12(4-6-14)2-1-8-19-9-7-13(10-19)11-20/h3-6,13,20H,7-11H2. The Morgan fingerprint density at radius 1 is 1.25 bits per heavy atom. The molecule has 1 fully saturated rings. The van der Waals surface area contributed by atoms with Crippen molar-refractivity contribution in [3.8, 4) is 11.8 Å². The SMILES string of the molecule is OCC1CCN(CC#Cc2ccc(C(F)(F)F)cc2)C1. The van der Waals surface area contributed by atoms with Gasteiger partial charge in [-0.3, -0.25) is 4.90 Å². The van der Waals surface area contributed by atoms with Gasteiger partial charge in [0.15, 0.2) is 0 Å². The van der Waals surface area contributed by atoms with Crippen LogP contribution in [0.2, 0.25) is 0 Å². The number of hydrogen-bond acceptors (Lipinski definition) is 2. The molecule has 2 rings (SSSR count). The highest BCUT2D eigenvalue weighted by Crippen LogP contribution is 2.28. The van der Waals surface area contributed by atoms with E-state index in [-0.39, 0.29) is 6.61 Å². The fourth-order valence-electron chi connectivity index (χ4n) is 2.20. The first kappa shape index (κ1) is 14.9. The molecule has 108 valence electrons. The van der Waals surface area contributed by atoms with Gasteiger partial charge >= 0.3 is 6.18 Å². The van der Waals surface area contributed by atoms with E-state index in [9.17, 15) is 13.2 Å². The minimum atomic E-state index is -4.30. The maximum Gasteiger partial charge on any atom is 0.416 e. The molecule has 0 aliphatic carbocycles. The van der Waals surface area contributed by atoms with Gasteiger partial charge < -0.3 is 5.11 Å². The fraction of sp³-hybridized carbons (Fsp3) is 0.467. The van der Waals surface area contributed by atoms with Crippen molar-refractivity contribution >= 4 is 0 Å². The number of rotatable bonds is 2. The van der Waals surface area contributed by atoms with Crippen LogP contribution in [0.4, 0.5) is 13.2 Å². The molecular formula is C15H16F3NO. The molecule has 1 heterocycles. The number of hydrogen-bond donors (Lipinski definition) is 1. The van der Waals surface area contributed by atoms with Gasteiger partial charge in [-0.15, -0.1) is 0 Å². The molecule has 1 aromatic carbocycles. The van der Waals surface area contributed by atoms with Crippen LogP contribution < -0.4 is 0 Å². The Morgan fingerprint density at radius 3 is 2.50 bits per heavy atom. The van der Waals surface area contributed by atoms with Gasteiger partial charge in [-0.2, -0.15) is 13.2 Å². The van der Waals surface area contributed by atoms with Crippen LogP contribution in [-0.2, 0) is 6.18 Å². The Bertz CT molecular complexity index is 499. The van der Waals surface area contributed by atoms with E-state index >= 15 is 0 Å². The molecule has 0 spiro atoms. The summed E-state index contributed by atoms with van der Waals surface area (Å²) in [5.41, 5.74) is -0.0794. The third kappa shape index (κ3) is 3.99. The summed E-state index contributed by atoms with van der Waals surface area (Å²) in [6.07, 6.45) is -3.33. The van der Waals surface area contributed by atoms with Gasteiger partial charge in [-0.25, -0.2) is 0 Å². The molecule has 1 aromatic rings. The Kier molecular flexibility index (Phi) is 4.69. The molecule has 0 bridgehead atoms. The molecule has 0 saturated carbocycles. The highest BCUT2D eigenvalue weighted by atomic mass is 19.4. The first-order valence-electron chi connectivity index (χ1n) is 6.48. The summed E-state index contributed by atoms with van der Waals surface area (Å²) in [6.45, 7) is 2.52. The largest absolute Gasteiger partial charge is 0.416 e. The van der Waals surface area contributed by atoms with Crippen LogP contribution in [0.5, 0.6) is 0 Å². The van der Waals surface area contributed by atoms with E-state index in [0.717, 1.165) is 31.6 Å². The van der Waals surface area contributed by atoms with Gasteiger partial charge in [0.25, 0.3) is 0 Å². The van der Waals surface area contributed by atoms with E-state index in [4.69, 9.17) is 5.11 Å². The predicted octanol–water partition coefficient (Wildman–Crippen LogP) is 2.37. The summed E-state index contributed by atoms with van der Waals surface area (Å²) in [4.78, 5) is 2.14. The Balaban J connectivity index is 1.90. The van der Waals surface area contributed by atoms with Gasteiger partial charge in [0.05, 0.1) is 12.1 Å². The van der Waals surface area contributed by atoms with E-state index in [1.165, 1.54) is 12.1 Å². The fourth-order valence-corrected chi connectivity index (χ4v) is 2.20. The van der Waals surface area contributed by atoms with Crippen LogP contribution in [0.3, 0.4) is 0 Å². The number of aliphatic hydroxyl groups is 1. The number of alkyl halides is 3. The molecule has 1 saturated heterocycles. The van der Waals surface area contributed by atoms with E-state index in [0.29, 0.717) is 18.0 Å². The summed E-state index contributed by atoms with van der Waals surface area (Å²) in [6, 6.07) is 4.86. The van der Waals surface area contributed by atoms with Crippen molar-refractivity contribution in [3.05, 3.63) is 35.4 Å². The molecule has 1 aliphatic rings. The van der Waals surface area contributed by atoms with Crippen molar-refractivity contribution in [2.24, 2.45) is 5.92 Å². The normalized spacial score (nSPS) is 19.7. The molecule has 1 unspecified atom stereocenters. The van der Waals surface area contributed by atoms with E-state index in [2.05, 4.69) is 16.7 Å². The topological polar surface area (TPSA) is 23.5 Å². The van der Waals surface area contributed by atoms with Crippen LogP contribution in [0, 0.1) is 17.8 Å². The second-order valence-electron chi connectivity index (χ2n) is 4.95. The smallest absolute Gasteiger partial charge is 0.396 e. The van der Waals surface area contributed by atoms with Crippen molar-refractivity contribution < 1.29 is 18.3 Å². The van der Waals surface area contributed by atoms with E-state index in [1.807, 2.05) is 0 Å². The number of benzene rings is 1. The van der Waals surface area contributed by atoms with E-state index in [1.54, 1.807) is 0 Å². The van der Waals surface area contributed by atoms with Gasteiger partial charge in [0.1, 0.15) is 0 Å². The summed E-state index contributed by atoms with van der Waals surface area (Å²) < 4.78 is 37.1. The lowest BCUT2D eigenvalue weighted by atomic mass is 10.1. The zero-order valence-electron chi connectivity index (χ0n) is 11.0. The average molecular weight is 283 g/mol. The Labute approximate surface area is 116 Å². The predicted molar refractivity (Wildman–Crippen MR) is 70.0 cm³/mol. The van der Waals surface area contributed by atoms with Crippen LogP contribution in [0.25, 0.3) is 0 Å². The molecule has 2 nitrogen and oxygen atoms in total. The van der Waals surface area contributed by atoms with E-state index < -0.39 is 11.7 Å². The highest BCUT2D eigenvalue weighted by Gasteiger charge is 2.29. The maximum absolute atomic E-state index is 12.4. The van der Waals surface area contributed by atoms with Crippen molar-refractivity contribution in [1.29, 1.82) is 0 Å². The summed E-state index contributed by atoms with van der Waals surface area (Å²) >= 11 is 0. The zero-order valence-corrected chi connectivity index (χ0v) is 11.0. The van der Waals surface area contributed by atoms with Gasteiger partial charge in [-0.1, -0.05) is 11.8 Å². The third-order valence-electron chi connectivity index (χ3n) is 3.38. The van der Waals surface area contributed by atoms with Crippen molar-refractivity contribution in [2.75, 3.05) is 26.2 Å². The minimum Gasteiger partial charge on any atom is -0.396 e. The minimum absolute atomic E-state index is 0.197. The monoisotopic (exact) mass is 283 g/mol. The van der Waals surface area contributed by atoms with Crippen molar-refractivity contribution in [1.82, 2.24) is 4.90 Å².